The lowest BCUT2D eigenvalue weighted by Crippen LogP contribution is -2.51. The van der Waals surface area contributed by atoms with Gasteiger partial charge in [0.05, 0.1) is 35.4 Å². The molecule has 1 aliphatic rings. The fourth-order valence-electron chi connectivity index (χ4n) is 3.49. The quantitative estimate of drug-likeness (QED) is 0.457. The molecule has 0 bridgehead atoms. The Bertz CT molecular complexity index is 1090. The lowest BCUT2D eigenvalue weighted by atomic mass is 9.98. The van der Waals surface area contributed by atoms with Crippen LogP contribution in [0.5, 0.6) is 0 Å². The molecular formula is C21H24F3N3O5S. The SMILES string of the molecule is O=C(NCC[C@@H]1CC[C@H](NS(=O)(=O)c2cccc(F)c2)[C@H](CO)O1)Nc1cc(F)ccc1F. The summed E-state index contributed by atoms with van der Waals surface area (Å²) in [5.41, 5.74) is -0.296. The number of benzene rings is 2. The summed E-state index contributed by atoms with van der Waals surface area (Å²) in [6.45, 7) is -0.301. The molecule has 2 aromatic carbocycles. The minimum Gasteiger partial charge on any atom is -0.394 e. The van der Waals surface area contributed by atoms with Gasteiger partial charge in [-0.05, 0) is 49.6 Å². The standard InChI is InChI=1S/C21H24F3N3O5S/c22-13-2-1-3-16(10-13)33(30,31)27-18-7-5-15(32-20(18)12-28)8-9-25-21(29)26-19-11-14(23)4-6-17(19)24/h1-4,6,10-11,15,18,20,27-28H,5,7-9,12H2,(H2,25,26,29)/t15-,18-,20-/m0/s1. The number of carbonyl (C=O) groups is 1. The van der Waals surface area contributed by atoms with Gasteiger partial charge in [0.1, 0.15) is 17.5 Å². The van der Waals surface area contributed by atoms with E-state index in [4.69, 9.17) is 4.74 Å². The number of nitrogens with one attached hydrogen (secondary N) is 3. The van der Waals surface area contributed by atoms with Crippen molar-refractivity contribution in [2.45, 2.75) is 42.4 Å². The van der Waals surface area contributed by atoms with Gasteiger partial charge in [-0.1, -0.05) is 6.07 Å². The van der Waals surface area contributed by atoms with Crippen molar-refractivity contribution in [3.63, 3.8) is 0 Å². The van der Waals surface area contributed by atoms with E-state index in [1.165, 1.54) is 12.1 Å². The fourth-order valence-corrected chi connectivity index (χ4v) is 4.82. The number of carbonyl (C=O) groups excluding carboxylic acids is 1. The van der Waals surface area contributed by atoms with Crippen LogP contribution >= 0.6 is 0 Å². The number of sulfonamides is 1. The Balaban J connectivity index is 1.48. The highest BCUT2D eigenvalue weighted by Gasteiger charge is 2.34. The second-order valence-electron chi connectivity index (χ2n) is 7.54. The van der Waals surface area contributed by atoms with Gasteiger partial charge < -0.3 is 20.5 Å². The van der Waals surface area contributed by atoms with Crippen molar-refractivity contribution in [3.8, 4) is 0 Å². The molecule has 0 radical (unpaired) electrons. The zero-order valence-corrected chi connectivity index (χ0v) is 18.2. The normalized spacial score (nSPS) is 20.9. The van der Waals surface area contributed by atoms with Crippen molar-refractivity contribution in [1.82, 2.24) is 10.0 Å². The van der Waals surface area contributed by atoms with Crippen molar-refractivity contribution in [2.75, 3.05) is 18.5 Å². The molecule has 0 unspecified atom stereocenters. The number of hydrogen-bond acceptors (Lipinski definition) is 5. The van der Waals surface area contributed by atoms with Gasteiger partial charge in [0, 0.05) is 12.6 Å². The van der Waals surface area contributed by atoms with E-state index < -0.39 is 52.3 Å². The fraction of sp³-hybridized carbons (Fsp3) is 0.381. The number of aliphatic hydroxyl groups excluding tert-OH is 1. The first-order valence-corrected chi connectivity index (χ1v) is 11.7. The molecule has 1 fully saturated rings. The van der Waals surface area contributed by atoms with Crippen LogP contribution in [-0.4, -0.2) is 51.0 Å². The maximum atomic E-state index is 13.6. The van der Waals surface area contributed by atoms with Crippen LogP contribution in [0.15, 0.2) is 47.4 Å². The number of hydrogen-bond donors (Lipinski definition) is 4. The van der Waals surface area contributed by atoms with Gasteiger partial charge in [-0.3, -0.25) is 0 Å². The number of halogens is 3. The maximum Gasteiger partial charge on any atom is 0.319 e. The Morgan fingerprint density at radius 1 is 1.09 bits per heavy atom. The number of ether oxygens (including phenoxy) is 1. The van der Waals surface area contributed by atoms with Crippen LogP contribution in [0.3, 0.4) is 0 Å². The first kappa shape index (κ1) is 25.0. The Morgan fingerprint density at radius 3 is 2.58 bits per heavy atom. The molecule has 2 aromatic rings. The molecule has 1 saturated heterocycles. The molecule has 3 atom stereocenters. The topological polar surface area (TPSA) is 117 Å². The molecule has 33 heavy (non-hydrogen) atoms. The first-order chi connectivity index (χ1) is 15.7. The highest BCUT2D eigenvalue weighted by molar-refractivity contribution is 7.89. The molecule has 180 valence electrons. The van der Waals surface area contributed by atoms with E-state index in [-0.39, 0.29) is 23.2 Å². The number of aliphatic hydroxyl groups is 1. The Labute approximate surface area is 189 Å². The number of urea groups is 1. The van der Waals surface area contributed by atoms with Gasteiger partial charge >= 0.3 is 6.03 Å². The van der Waals surface area contributed by atoms with E-state index in [9.17, 15) is 31.5 Å². The predicted molar refractivity (Wildman–Crippen MR) is 113 cm³/mol. The summed E-state index contributed by atoms with van der Waals surface area (Å²) in [6.07, 6.45) is -0.0655. The summed E-state index contributed by atoms with van der Waals surface area (Å²) >= 11 is 0. The van der Waals surface area contributed by atoms with Crippen LogP contribution in [0.1, 0.15) is 19.3 Å². The average Bonchev–Trinajstić information content (AvgIpc) is 2.77. The van der Waals surface area contributed by atoms with Gasteiger partial charge in [-0.2, -0.15) is 0 Å². The molecular weight excluding hydrogens is 463 g/mol. The van der Waals surface area contributed by atoms with Crippen LogP contribution < -0.4 is 15.4 Å². The average molecular weight is 488 g/mol. The van der Waals surface area contributed by atoms with Gasteiger partial charge in [0.2, 0.25) is 10.0 Å². The summed E-state index contributed by atoms with van der Waals surface area (Å²) in [6, 6.07) is 5.82. The van der Waals surface area contributed by atoms with Gasteiger partial charge in [0.25, 0.3) is 0 Å². The third kappa shape index (κ3) is 6.90. The predicted octanol–water partition coefficient (Wildman–Crippen LogP) is 2.50. The van der Waals surface area contributed by atoms with Crippen LogP contribution in [0.4, 0.5) is 23.7 Å². The molecule has 0 spiro atoms. The molecule has 8 nitrogen and oxygen atoms in total. The molecule has 0 saturated carbocycles. The minimum absolute atomic E-state index is 0.144. The minimum atomic E-state index is -4.01. The third-order valence-electron chi connectivity index (χ3n) is 5.14. The first-order valence-electron chi connectivity index (χ1n) is 10.2. The van der Waals surface area contributed by atoms with Crippen LogP contribution in [0.25, 0.3) is 0 Å². The van der Waals surface area contributed by atoms with Crippen molar-refractivity contribution in [3.05, 3.63) is 59.9 Å². The van der Waals surface area contributed by atoms with E-state index >= 15 is 0 Å². The summed E-state index contributed by atoms with van der Waals surface area (Å²) in [4.78, 5) is 11.7. The van der Waals surface area contributed by atoms with E-state index in [2.05, 4.69) is 15.4 Å². The van der Waals surface area contributed by atoms with Gasteiger partial charge in [0.15, 0.2) is 0 Å². The zero-order valence-electron chi connectivity index (χ0n) is 17.4. The number of amides is 2. The molecule has 3 rings (SSSR count). The smallest absolute Gasteiger partial charge is 0.319 e. The van der Waals surface area contributed by atoms with E-state index in [0.29, 0.717) is 19.3 Å². The van der Waals surface area contributed by atoms with Crippen LogP contribution in [-0.2, 0) is 14.8 Å². The summed E-state index contributed by atoms with van der Waals surface area (Å²) in [7, 11) is -4.01. The highest BCUT2D eigenvalue weighted by atomic mass is 32.2. The van der Waals surface area contributed by atoms with Crippen LogP contribution in [0, 0.1) is 17.5 Å². The Morgan fingerprint density at radius 2 is 1.85 bits per heavy atom. The van der Waals surface area contributed by atoms with Crippen molar-refractivity contribution >= 4 is 21.7 Å². The lowest BCUT2D eigenvalue weighted by molar-refractivity contribution is -0.0871. The van der Waals surface area contributed by atoms with E-state index in [0.717, 1.165) is 30.3 Å². The molecule has 12 heteroatoms. The number of rotatable bonds is 8. The molecule has 0 aromatic heterocycles. The molecule has 0 aliphatic carbocycles. The molecule has 4 N–H and O–H groups in total. The van der Waals surface area contributed by atoms with Gasteiger partial charge in [-0.15, -0.1) is 0 Å². The second-order valence-corrected chi connectivity index (χ2v) is 9.25. The Hall–Kier alpha value is -2.67. The van der Waals surface area contributed by atoms with E-state index in [1.54, 1.807) is 0 Å². The highest BCUT2D eigenvalue weighted by Crippen LogP contribution is 2.23. The molecule has 1 heterocycles. The summed E-state index contributed by atoms with van der Waals surface area (Å²) in [5.74, 6) is -2.16. The van der Waals surface area contributed by atoms with Crippen molar-refractivity contribution < 1.29 is 36.2 Å². The summed E-state index contributed by atoms with van der Waals surface area (Å²) < 4.78 is 73.4. The molecule has 1 aliphatic heterocycles. The maximum absolute atomic E-state index is 13.6. The van der Waals surface area contributed by atoms with Crippen LogP contribution in [0.2, 0.25) is 0 Å². The second kappa shape index (κ2) is 11.0. The van der Waals surface area contributed by atoms with E-state index in [1.807, 2.05) is 0 Å². The van der Waals surface area contributed by atoms with Crippen molar-refractivity contribution in [1.29, 1.82) is 0 Å². The summed E-state index contributed by atoms with van der Waals surface area (Å²) in [5, 5.41) is 14.4. The Kier molecular flexibility index (Phi) is 8.30. The molecule has 2 amide bonds. The van der Waals surface area contributed by atoms with Gasteiger partial charge in [-0.25, -0.2) is 31.1 Å². The number of anilines is 1. The zero-order chi connectivity index (χ0) is 24.0. The third-order valence-corrected chi connectivity index (χ3v) is 6.62. The van der Waals surface area contributed by atoms with Crippen molar-refractivity contribution in [2.24, 2.45) is 0 Å². The lowest BCUT2D eigenvalue weighted by Gasteiger charge is -2.36. The monoisotopic (exact) mass is 487 g/mol. The largest absolute Gasteiger partial charge is 0.394 e.